The monoisotopic (exact) mass is 359 g/mol. The minimum atomic E-state index is 0. The van der Waals surface area contributed by atoms with Crippen molar-refractivity contribution < 1.29 is 4.79 Å². The number of piperidine rings is 1. The summed E-state index contributed by atoms with van der Waals surface area (Å²) < 4.78 is 0. The molecule has 0 aliphatic carbocycles. The number of carbonyl (C=O) groups excluding carboxylic acids is 1. The molecule has 130 valence electrons. The quantitative estimate of drug-likeness (QED) is 0.818. The van der Waals surface area contributed by atoms with E-state index in [1.807, 2.05) is 25.1 Å². The van der Waals surface area contributed by atoms with Crippen LogP contribution in [0.2, 0.25) is 5.02 Å². The van der Waals surface area contributed by atoms with Gasteiger partial charge in [-0.1, -0.05) is 24.6 Å². The highest BCUT2D eigenvalue weighted by Gasteiger charge is 2.20. The van der Waals surface area contributed by atoms with Crippen molar-refractivity contribution in [3.05, 3.63) is 28.8 Å². The van der Waals surface area contributed by atoms with E-state index >= 15 is 0 Å². The van der Waals surface area contributed by atoms with Gasteiger partial charge in [-0.2, -0.15) is 0 Å². The molecule has 0 aromatic heterocycles. The zero-order valence-electron chi connectivity index (χ0n) is 13.9. The summed E-state index contributed by atoms with van der Waals surface area (Å²) in [6, 6.07) is 5.68. The summed E-state index contributed by atoms with van der Waals surface area (Å²) in [6.07, 6.45) is 2.32. The zero-order chi connectivity index (χ0) is 15.9. The summed E-state index contributed by atoms with van der Waals surface area (Å²) >= 11 is 6.15. The number of hydrogen-bond donors (Lipinski definition) is 2. The van der Waals surface area contributed by atoms with Crippen molar-refractivity contribution in [2.75, 3.05) is 38.0 Å². The Hall–Kier alpha value is -0.810. The largest absolute Gasteiger partial charge is 0.324 e. The zero-order valence-corrected chi connectivity index (χ0v) is 15.5. The molecule has 1 saturated heterocycles. The first-order valence-electron chi connectivity index (χ1n) is 8.07. The van der Waals surface area contributed by atoms with E-state index in [0.717, 1.165) is 50.5 Å². The van der Waals surface area contributed by atoms with Crippen molar-refractivity contribution in [3.63, 3.8) is 0 Å². The summed E-state index contributed by atoms with van der Waals surface area (Å²) in [5, 5.41) is 6.90. The maximum Gasteiger partial charge on any atom is 0.238 e. The van der Waals surface area contributed by atoms with Crippen LogP contribution in [0, 0.1) is 12.8 Å². The van der Waals surface area contributed by atoms with Crippen LogP contribution >= 0.6 is 24.0 Å². The number of hydrogen-bond acceptors (Lipinski definition) is 3. The number of nitrogens with one attached hydrogen (secondary N) is 2. The molecular weight excluding hydrogens is 333 g/mol. The van der Waals surface area contributed by atoms with Crippen LogP contribution in [0.5, 0.6) is 0 Å². The Morgan fingerprint density at radius 2 is 2.04 bits per heavy atom. The topological polar surface area (TPSA) is 44.4 Å². The average molecular weight is 360 g/mol. The van der Waals surface area contributed by atoms with Crippen molar-refractivity contribution in [2.45, 2.75) is 26.7 Å². The third-order valence-electron chi connectivity index (χ3n) is 4.16. The fraction of sp³-hybridized carbons (Fsp3) is 0.588. The average Bonchev–Trinajstić information content (AvgIpc) is 2.49. The third-order valence-corrected chi connectivity index (χ3v) is 4.47. The molecule has 1 aliphatic rings. The van der Waals surface area contributed by atoms with Crippen molar-refractivity contribution in [1.29, 1.82) is 0 Å². The maximum absolute atomic E-state index is 12.1. The molecule has 0 bridgehead atoms. The number of rotatable bonds is 6. The van der Waals surface area contributed by atoms with Crippen LogP contribution in [0.25, 0.3) is 0 Å². The molecule has 1 fully saturated rings. The van der Waals surface area contributed by atoms with Gasteiger partial charge in [0, 0.05) is 0 Å². The van der Waals surface area contributed by atoms with Crippen molar-refractivity contribution in [3.8, 4) is 0 Å². The fourth-order valence-corrected chi connectivity index (χ4v) is 3.09. The van der Waals surface area contributed by atoms with E-state index in [-0.39, 0.29) is 18.3 Å². The second kappa shape index (κ2) is 10.1. The molecule has 0 radical (unpaired) electrons. The lowest BCUT2D eigenvalue weighted by molar-refractivity contribution is -0.117. The lowest BCUT2D eigenvalue weighted by Gasteiger charge is -2.31. The van der Waals surface area contributed by atoms with E-state index in [0.29, 0.717) is 17.3 Å². The molecule has 0 saturated carbocycles. The fourth-order valence-electron chi connectivity index (χ4n) is 2.81. The molecule has 2 N–H and O–H groups in total. The minimum absolute atomic E-state index is 0. The van der Waals surface area contributed by atoms with Gasteiger partial charge in [0.2, 0.25) is 5.91 Å². The molecule has 23 heavy (non-hydrogen) atoms. The van der Waals surface area contributed by atoms with E-state index in [9.17, 15) is 4.79 Å². The standard InChI is InChI=1S/C17H26ClN3O.ClH/c1-3-19-11-14-6-8-21(9-7-14)12-17(22)20-16-5-4-13(2)10-15(16)18;/h4-5,10,14,19H,3,6-9,11-12H2,1-2H3,(H,20,22);1H. The van der Waals surface area contributed by atoms with E-state index in [2.05, 4.69) is 22.5 Å². The van der Waals surface area contributed by atoms with Gasteiger partial charge in [-0.05, 0) is 69.6 Å². The van der Waals surface area contributed by atoms with Gasteiger partial charge in [0.15, 0.2) is 0 Å². The summed E-state index contributed by atoms with van der Waals surface area (Å²) in [4.78, 5) is 14.4. The first-order valence-corrected chi connectivity index (χ1v) is 8.45. The number of amides is 1. The molecular formula is C17H27Cl2N3O. The first kappa shape index (κ1) is 20.2. The predicted octanol–water partition coefficient (Wildman–Crippen LogP) is 3.33. The van der Waals surface area contributed by atoms with E-state index in [4.69, 9.17) is 11.6 Å². The van der Waals surface area contributed by atoms with Crippen LogP contribution in [-0.2, 0) is 4.79 Å². The van der Waals surface area contributed by atoms with E-state index in [1.165, 1.54) is 0 Å². The molecule has 1 aromatic carbocycles. The van der Waals surface area contributed by atoms with Crippen molar-refractivity contribution >= 4 is 35.6 Å². The third kappa shape index (κ3) is 6.68. The van der Waals surface area contributed by atoms with Crippen LogP contribution in [0.15, 0.2) is 18.2 Å². The second-order valence-corrected chi connectivity index (χ2v) is 6.47. The van der Waals surface area contributed by atoms with Gasteiger partial charge in [0.25, 0.3) is 0 Å². The normalized spacial score (nSPS) is 16.0. The molecule has 1 amide bonds. The van der Waals surface area contributed by atoms with Gasteiger partial charge in [0.05, 0.1) is 17.3 Å². The summed E-state index contributed by atoms with van der Waals surface area (Å²) in [7, 11) is 0. The Labute approximate surface area is 150 Å². The van der Waals surface area contributed by atoms with Gasteiger partial charge in [-0.15, -0.1) is 12.4 Å². The first-order chi connectivity index (χ1) is 10.6. The minimum Gasteiger partial charge on any atom is -0.324 e. The van der Waals surface area contributed by atoms with Gasteiger partial charge in [-0.25, -0.2) is 0 Å². The van der Waals surface area contributed by atoms with Crippen LogP contribution in [0.1, 0.15) is 25.3 Å². The van der Waals surface area contributed by atoms with Crippen LogP contribution in [0.4, 0.5) is 5.69 Å². The second-order valence-electron chi connectivity index (χ2n) is 6.06. The molecule has 1 aliphatic heterocycles. The van der Waals surface area contributed by atoms with Crippen molar-refractivity contribution in [2.24, 2.45) is 5.92 Å². The number of anilines is 1. The van der Waals surface area contributed by atoms with Crippen molar-refractivity contribution in [1.82, 2.24) is 10.2 Å². The number of benzene rings is 1. The highest BCUT2D eigenvalue weighted by atomic mass is 35.5. The molecule has 0 spiro atoms. The lowest BCUT2D eigenvalue weighted by atomic mass is 9.97. The molecule has 6 heteroatoms. The Balaban J connectivity index is 0.00000264. The van der Waals surface area contributed by atoms with Gasteiger partial charge >= 0.3 is 0 Å². The Kier molecular flexibility index (Phi) is 8.92. The number of aryl methyl sites for hydroxylation is 1. The van der Waals surface area contributed by atoms with E-state index < -0.39 is 0 Å². The van der Waals surface area contributed by atoms with Crippen LogP contribution in [0.3, 0.4) is 0 Å². The van der Waals surface area contributed by atoms with Gasteiger partial charge in [0.1, 0.15) is 0 Å². The highest BCUT2D eigenvalue weighted by Crippen LogP contribution is 2.23. The molecule has 0 unspecified atom stereocenters. The van der Waals surface area contributed by atoms with Crippen LogP contribution in [-0.4, -0.2) is 43.5 Å². The molecule has 1 aromatic rings. The smallest absolute Gasteiger partial charge is 0.238 e. The highest BCUT2D eigenvalue weighted by molar-refractivity contribution is 6.33. The van der Waals surface area contributed by atoms with Gasteiger partial charge in [-0.3, -0.25) is 9.69 Å². The van der Waals surface area contributed by atoms with E-state index in [1.54, 1.807) is 0 Å². The Morgan fingerprint density at radius 3 is 2.65 bits per heavy atom. The lowest BCUT2D eigenvalue weighted by Crippen LogP contribution is -2.41. The Bertz CT molecular complexity index is 503. The molecule has 4 nitrogen and oxygen atoms in total. The number of nitrogens with zero attached hydrogens (tertiary/aromatic N) is 1. The summed E-state index contributed by atoms with van der Waals surface area (Å²) in [5.41, 5.74) is 1.78. The molecule has 1 heterocycles. The Morgan fingerprint density at radius 1 is 1.35 bits per heavy atom. The predicted molar refractivity (Wildman–Crippen MR) is 99.8 cm³/mol. The number of likely N-dealkylation sites (tertiary alicyclic amines) is 1. The summed E-state index contributed by atoms with van der Waals surface area (Å²) in [6.45, 7) is 8.66. The van der Waals surface area contributed by atoms with Gasteiger partial charge < -0.3 is 10.6 Å². The molecule has 0 atom stereocenters. The summed E-state index contributed by atoms with van der Waals surface area (Å²) in [5.74, 6) is 0.752. The SMILES string of the molecule is CCNCC1CCN(CC(=O)Nc2ccc(C)cc2Cl)CC1.Cl. The maximum atomic E-state index is 12.1. The molecule has 2 rings (SSSR count). The number of carbonyl (C=O) groups is 1. The van der Waals surface area contributed by atoms with Crippen LogP contribution < -0.4 is 10.6 Å². The number of halogens is 2.